The number of hydrogen-bond acceptors (Lipinski definition) is 2. The highest BCUT2D eigenvalue weighted by Gasteiger charge is 2.51. The molecule has 0 aromatic heterocycles. The second kappa shape index (κ2) is 3.83. The Morgan fingerprint density at radius 1 is 1.33 bits per heavy atom. The molecule has 1 N–H and O–H groups in total. The van der Waals surface area contributed by atoms with Crippen LogP contribution in [0.5, 0.6) is 0 Å². The fraction of sp³-hybridized carbons (Fsp3) is 0.818. The van der Waals surface area contributed by atoms with E-state index in [9.17, 15) is 9.59 Å². The van der Waals surface area contributed by atoms with Crippen molar-refractivity contribution in [3.05, 3.63) is 0 Å². The number of nitrogens with zero attached hydrogens (tertiary/aromatic N) is 1. The third-order valence-electron chi connectivity index (χ3n) is 3.16. The van der Waals surface area contributed by atoms with Crippen molar-refractivity contribution in [2.24, 2.45) is 11.8 Å². The van der Waals surface area contributed by atoms with Crippen molar-refractivity contribution in [1.29, 1.82) is 0 Å². The molecule has 1 amide bonds. The van der Waals surface area contributed by atoms with Crippen LogP contribution in [0.1, 0.15) is 32.6 Å². The molecule has 2 aliphatic rings. The molecular weight excluding hydrogens is 194 g/mol. The zero-order valence-electron chi connectivity index (χ0n) is 8.98. The minimum absolute atomic E-state index is 0.0757. The van der Waals surface area contributed by atoms with Gasteiger partial charge in [0.25, 0.3) is 0 Å². The van der Waals surface area contributed by atoms with E-state index in [1.165, 1.54) is 0 Å². The summed E-state index contributed by atoms with van der Waals surface area (Å²) in [6, 6.07) is 0.410. The minimum atomic E-state index is -0.819. The molecule has 15 heavy (non-hydrogen) atoms. The van der Waals surface area contributed by atoms with Crippen LogP contribution in [0.3, 0.4) is 0 Å². The van der Waals surface area contributed by atoms with Gasteiger partial charge < -0.3 is 10.0 Å². The number of carbonyl (C=O) groups is 2. The molecule has 0 heterocycles. The van der Waals surface area contributed by atoms with Gasteiger partial charge in [0.15, 0.2) is 0 Å². The van der Waals surface area contributed by atoms with Crippen LogP contribution in [0.2, 0.25) is 0 Å². The molecule has 2 aliphatic carbocycles. The molecule has 0 aromatic rings. The summed E-state index contributed by atoms with van der Waals surface area (Å²) in [4.78, 5) is 24.5. The first kappa shape index (κ1) is 10.5. The van der Waals surface area contributed by atoms with Gasteiger partial charge in [-0.2, -0.15) is 0 Å². The van der Waals surface area contributed by atoms with E-state index in [1.54, 1.807) is 0 Å². The summed E-state index contributed by atoms with van der Waals surface area (Å²) in [7, 11) is 0. The average molecular weight is 211 g/mol. The Balaban J connectivity index is 1.91. The van der Waals surface area contributed by atoms with Crippen LogP contribution in [-0.2, 0) is 9.59 Å². The van der Waals surface area contributed by atoms with E-state index in [2.05, 4.69) is 0 Å². The smallest absolute Gasteiger partial charge is 0.307 e. The van der Waals surface area contributed by atoms with Gasteiger partial charge in [0.05, 0.1) is 11.8 Å². The van der Waals surface area contributed by atoms with E-state index in [-0.39, 0.29) is 11.8 Å². The highest BCUT2D eigenvalue weighted by atomic mass is 16.4. The Hall–Kier alpha value is -1.06. The zero-order valence-corrected chi connectivity index (χ0v) is 8.98. The van der Waals surface area contributed by atoms with Crippen LogP contribution >= 0.6 is 0 Å². The third-order valence-corrected chi connectivity index (χ3v) is 3.16. The molecule has 0 aliphatic heterocycles. The number of amides is 1. The first-order valence-corrected chi connectivity index (χ1v) is 5.68. The first-order chi connectivity index (χ1) is 7.15. The minimum Gasteiger partial charge on any atom is -0.481 e. The lowest BCUT2D eigenvalue weighted by atomic mass is 10.2. The molecule has 0 bridgehead atoms. The van der Waals surface area contributed by atoms with Crippen LogP contribution in [0.15, 0.2) is 0 Å². The Morgan fingerprint density at radius 2 is 2.00 bits per heavy atom. The largest absolute Gasteiger partial charge is 0.481 e. The van der Waals surface area contributed by atoms with Gasteiger partial charge in [0.2, 0.25) is 5.91 Å². The van der Waals surface area contributed by atoms with Gasteiger partial charge in [0, 0.05) is 12.6 Å². The van der Waals surface area contributed by atoms with Gasteiger partial charge >= 0.3 is 5.97 Å². The van der Waals surface area contributed by atoms with E-state index in [4.69, 9.17) is 5.11 Å². The maximum Gasteiger partial charge on any atom is 0.307 e. The van der Waals surface area contributed by atoms with Crippen molar-refractivity contribution < 1.29 is 14.7 Å². The number of carboxylic acids is 1. The van der Waals surface area contributed by atoms with Gasteiger partial charge in [0.1, 0.15) is 0 Å². The normalized spacial score (nSPS) is 28.6. The van der Waals surface area contributed by atoms with E-state index in [0.717, 1.165) is 25.8 Å². The van der Waals surface area contributed by atoms with Gasteiger partial charge in [-0.05, 0) is 25.7 Å². The monoisotopic (exact) mass is 211 g/mol. The van der Waals surface area contributed by atoms with E-state index < -0.39 is 11.9 Å². The fourth-order valence-corrected chi connectivity index (χ4v) is 2.05. The Labute approximate surface area is 89.3 Å². The number of carbonyl (C=O) groups excluding carboxylic acids is 1. The second-order valence-corrected chi connectivity index (χ2v) is 4.55. The van der Waals surface area contributed by atoms with Crippen molar-refractivity contribution >= 4 is 11.9 Å². The van der Waals surface area contributed by atoms with Crippen molar-refractivity contribution in [1.82, 2.24) is 4.90 Å². The summed E-state index contributed by atoms with van der Waals surface area (Å²) in [5.41, 5.74) is 0. The lowest BCUT2D eigenvalue weighted by Gasteiger charge is -2.21. The summed E-state index contributed by atoms with van der Waals surface area (Å²) in [6.45, 7) is 2.83. The molecule has 0 saturated heterocycles. The van der Waals surface area contributed by atoms with Crippen LogP contribution < -0.4 is 0 Å². The standard InChI is InChI=1S/C11H17NO3/c1-2-5-12(7-3-4-7)10(13)8-6-9(8)11(14)15/h7-9H,2-6H2,1H3,(H,14,15)/t8-,9+/m1/s1. The molecule has 0 radical (unpaired) electrons. The highest BCUT2D eigenvalue weighted by Crippen LogP contribution is 2.42. The Morgan fingerprint density at radius 3 is 2.40 bits per heavy atom. The maximum absolute atomic E-state index is 12.0. The summed E-state index contributed by atoms with van der Waals surface area (Å²) < 4.78 is 0. The molecule has 2 rings (SSSR count). The quantitative estimate of drug-likeness (QED) is 0.741. The van der Waals surface area contributed by atoms with E-state index in [0.29, 0.717) is 12.5 Å². The summed E-state index contributed by atoms with van der Waals surface area (Å²) >= 11 is 0. The molecule has 4 heteroatoms. The molecule has 0 unspecified atom stereocenters. The molecule has 0 spiro atoms. The molecule has 2 atom stereocenters. The van der Waals surface area contributed by atoms with Crippen LogP contribution in [0.25, 0.3) is 0 Å². The van der Waals surface area contributed by atoms with Crippen LogP contribution in [0.4, 0.5) is 0 Å². The number of carboxylic acid groups (broad SMARTS) is 1. The maximum atomic E-state index is 12.0. The summed E-state index contributed by atoms with van der Waals surface area (Å²) in [5.74, 6) is -1.38. The molecule has 2 fully saturated rings. The highest BCUT2D eigenvalue weighted by molar-refractivity contribution is 5.89. The second-order valence-electron chi connectivity index (χ2n) is 4.55. The molecule has 84 valence electrons. The van der Waals surface area contributed by atoms with Crippen molar-refractivity contribution in [2.45, 2.75) is 38.6 Å². The van der Waals surface area contributed by atoms with E-state index in [1.807, 2.05) is 11.8 Å². The molecule has 2 saturated carbocycles. The lowest BCUT2D eigenvalue weighted by molar-refractivity contribution is -0.142. The summed E-state index contributed by atoms with van der Waals surface area (Å²) in [5, 5.41) is 8.77. The van der Waals surface area contributed by atoms with Gasteiger partial charge in [-0.3, -0.25) is 9.59 Å². The van der Waals surface area contributed by atoms with Crippen LogP contribution in [0, 0.1) is 11.8 Å². The van der Waals surface area contributed by atoms with Crippen molar-refractivity contribution in [3.63, 3.8) is 0 Å². The van der Waals surface area contributed by atoms with Crippen LogP contribution in [-0.4, -0.2) is 34.5 Å². The van der Waals surface area contributed by atoms with E-state index >= 15 is 0 Å². The predicted octanol–water partition coefficient (Wildman–Crippen LogP) is 1.11. The molecule has 0 aromatic carbocycles. The van der Waals surface area contributed by atoms with Gasteiger partial charge in [-0.25, -0.2) is 0 Å². The first-order valence-electron chi connectivity index (χ1n) is 5.68. The molecule has 4 nitrogen and oxygen atoms in total. The number of hydrogen-bond donors (Lipinski definition) is 1. The van der Waals surface area contributed by atoms with Gasteiger partial charge in [-0.1, -0.05) is 6.92 Å². The lowest BCUT2D eigenvalue weighted by Crippen LogP contribution is -2.35. The number of rotatable bonds is 5. The molecular formula is C11H17NO3. The van der Waals surface area contributed by atoms with Gasteiger partial charge in [-0.15, -0.1) is 0 Å². The third kappa shape index (κ3) is 2.13. The Kier molecular flexibility index (Phi) is 2.67. The fourth-order valence-electron chi connectivity index (χ4n) is 2.05. The zero-order chi connectivity index (χ0) is 11.0. The summed E-state index contributed by atoms with van der Waals surface area (Å²) in [6.07, 6.45) is 3.68. The van der Waals surface area contributed by atoms with Crippen molar-refractivity contribution in [2.75, 3.05) is 6.54 Å². The topological polar surface area (TPSA) is 57.6 Å². The average Bonchev–Trinajstić information content (AvgIpc) is 3.03. The van der Waals surface area contributed by atoms with Crippen molar-refractivity contribution in [3.8, 4) is 0 Å². The Bertz CT molecular complexity index is 286. The predicted molar refractivity (Wildman–Crippen MR) is 54.3 cm³/mol. The SMILES string of the molecule is CCCN(C(=O)[C@@H]1C[C@@H]1C(=O)O)C1CC1. The number of aliphatic carboxylic acids is 1.